The van der Waals surface area contributed by atoms with E-state index in [0.717, 1.165) is 39.7 Å². The van der Waals surface area contributed by atoms with E-state index >= 15 is 0 Å². The van der Waals surface area contributed by atoms with Gasteiger partial charge in [0.05, 0.1) is 4.90 Å². The highest BCUT2D eigenvalue weighted by Gasteiger charge is 2.41. The molecular formula is C29H34F3N5O5S. The molecule has 0 aliphatic carbocycles. The highest BCUT2D eigenvalue weighted by atomic mass is 32.2. The maximum absolute atomic E-state index is 13.6. The van der Waals surface area contributed by atoms with Gasteiger partial charge in [-0.05, 0) is 59.7 Å². The van der Waals surface area contributed by atoms with Crippen molar-refractivity contribution in [2.24, 2.45) is 5.73 Å². The Bertz CT molecular complexity index is 1460. The summed E-state index contributed by atoms with van der Waals surface area (Å²) in [6.45, 7) is 7.15. The molecule has 0 unspecified atom stereocenters. The summed E-state index contributed by atoms with van der Waals surface area (Å²) >= 11 is 0. The zero-order valence-electron chi connectivity index (χ0n) is 23.7. The normalized spacial score (nSPS) is 16.7. The second-order valence-electron chi connectivity index (χ2n) is 9.86. The van der Waals surface area contributed by atoms with Crippen LogP contribution < -0.4 is 21.1 Å². The highest BCUT2D eigenvalue weighted by molar-refractivity contribution is 7.89. The van der Waals surface area contributed by atoms with Crippen LogP contribution >= 0.6 is 0 Å². The van der Waals surface area contributed by atoms with Gasteiger partial charge < -0.3 is 26.0 Å². The summed E-state index contributed by atoms with van der Waals surface area (Å²) in [5.74, 6) is -0.937. The van der Waals surface area contributed by atoms with E-state index in [9.17, 15) is 31.2 Å². The van der Waals surface area contributed by atoms with Crippen LogP contribution in [0.5, 0.6) is 5.75 Å². The van der Waals surface area contributed by atoms with Gasteiger partial charge in [-0.1, -0.05) is 50.8 Å². The van der Waals surface area contributed by atoms with Gasteiger partial charge in [-0.25, -0.2) is 13.2 Å². The van der Waals surface area contributed by atoms with Gasteiger partial charge in [0, 0.05) is 31.9 Å². The van der Waals surface area contributed by atoms with E-state index in [4.69, 9.17) is 5.73 Å². The number of alkyl halides is 3. The molecule has 10 nitrogen and oxygen atoms in total. The molecule has 1 aliphatic heterocycles. The van der Waals surface area contributed by atoms with Crippen LogP contribution in [0.2, 0.25) is 0 Å². The molecule has 0 saturated carbocycles. The van der Waals surface area contributed by atoms with Gasteiger partial charge in [-0.2, -0.15) is 4.31 Å². The molecule has 0 spiro atoms. The summed E-state index contributed by atoms with van der Waals surface area (Å²) in [4.78, 5) is 27.4. The van der Waals surface area contributed by atoms with E-state index < -0.39 is 40.1 Å². The van der Waals surface area contributed by atoms with Gasteiger partial charge in [-0.3, -0.25) is 4.79 Å². The standard InChI is InChI=1S/C29H34F3N5O5S/c1-4-5-23(14-15-33)35-28(39)36-16-17-37(43(40,41)25-12-10-24(11-13-25)42-29(30,31)32)26(19-36)27(38)34-18-21-6-8-22(9-7-21)20(2)3/h4-15,20,26H,1,16-19,33H2,2-3H3,(H,34,38)(H,35,39)/b15-14-,23-5+/t26-/m1/s1. The number of urea groups is 1. The zero-order valence-corrected chi connectivity index (χ0v) is 24.5. The summed E-state index contributed by atoms with van der Waals surface area (Å²) in [7, 11) is -4.38. The lowest BCUT2D eigenvalue weighted by molar-refractivity contribution is -0.274. The third-order valence-corrected chi connectivity index (χ3v) is 8.45. The summed E-state index contributed by atoms with van der Waals surface area (Å²) in [6, 6.07) is 9.32. The fraction of sp³-hybridized carbons (Fsp3) is 0.310. The summed E-state index contributed by atoms with van der Waals surface area (Å²) in [5.41, 5.74) is 7.65. The van der Waals surface area contributed by atoms with Crippen molar-refractivity contribution in [1.29, 1.82) is 0 Å². The Hall–Kier alpha value is -4.30. The van der Waals surface area contributed by atoms with Crippen molar-refractivity contribution in [2.75, 3.05) is 19.6 Å². The third-order valence-electron chi connectivity index (χ3n) is 6.52. The molecule has 3 rings (SSSR count). The van der Waals surface area contributed by atoms with E-state index in [1.165, 1.54) is 29.3 Å². The SMILES string of the molecule is C=C/C=C(\C=C/N)NC(=O)N1CCN(S(=O)(=O)c2ccc(OC(F)(F)F)cc2)[C@@H](C(=O)NCc2ccc(C(C)C)cc2)C1. The summed E-state index contributed by atoms with van der Waals surface area (Å²) in [5, 5.41) is 5.38. The number of nitrogens with one attached hydrogen (secondary N) is 2. The predicted octanol–water partition coefficient (Wildman–Crippen LogP) is 3.95. The number of piperazine rings is 1. The van der Waals surface area contributed by atoms with Crippen LogP contribution in [0.4, 0.5) is 18.0 Å². The van der Waals surface area contributed by atoms with Gasteiger partial charge in [0.15, 0.2) is 0 Å². The van der Waals surface area contributed by atoms with Crippen molar-refractivity contribution in [3.63, 3.8) is 0 Å². The molecule has 2 aromatic rings. The van der Waals surface area contributed by atoms with Crippen LogP contribution in [0.1, 0.15) is 30.9 Å². The Morgan fingerprint density at radius 2 is 1.77 bits per heavy atom. The number of rotatable bonds is 10. The van der Waals surface area contributed by atoms with Gasteiger partial charge >= 0.3 is 12.4 Å². The van der Waals surface area contributed by atoms with Crippen LogP contribution in [0.15, 0.2) is 90.1 Å². The van der Waals surface area contributed by atoms with Gasteiger partial charge in [0.25, 0.3) is 0 Å². The van der Waals surface area contributed by atoms with Crippen molar-refractivity contribution in [2.45, 2.75) is 43.6 Å². The number of hydrogen-bond acceptors (Lipinski definition) is 6. The number of ether oxygens (including phenoxy) is 1. The molecule has 1 fully saturated rings. The molecule has 3 amide bonds. The molecule has 43 heavy (non-hydrogen) atoms. The van der Waals surface area contributed by atoms with E-state index in [0.29, 0.717) is 11.6 Å². The first-order valence-corrected chi connectivity index (χ1v) is 14.7. The fourth-order valence-corrected chi connectivity index (χ4v) is 5.87. The average molecular weight is 622 g/mol. The Labute approximate surface area is 248 Å². The number of carbonyl (C=O) groups excluding carboxylic acids is 2. The molecule has 1 aliphatic rings. The number of hydrogen-bond donors (Lipinski definition) is 3. The number of allylic oxidation sites excluding steroid dienone is 3. The smallest absolute Gasteiger partial charge is 0.406 e. The molecule has 1 saturated heterocycles. The number of sulfonamides is 1. The van der Waals surface area contributed by atoms with Crippen LogP contribution in [-0.4, -0.2) is 61.6 Å². The highest BCUT2D eigenvalue weighted by Crippen LogP contribution is 2.27. The minimum Gasteiger partial charge on any atom is -0.406 e. The van der Waals surface area contributed by atoms with Gasteiger partial charge in [-0.15, -0.1) is 13.2 Å². The van der Waals surface area contributed by atoms with Crippen molar-refractivity contribution >= 4 is 22.0 Å². The van der Waals surface area contributed by atoms with Crippen LogP contribution in [0.25, 0.3) is 0 Å². The minimum atomic E-state index is -4.95. The molecule has 1 heterocycles. The lowest BCUT2D eigenvalue weighted by Crippen LogP contribution is -2.62. The Morgan fingerprint density at radius 1 is 1.12 bits per heavy atom. The molecule has 0 aromatic heterocycles. The van der Waals surface area contributed by atoms with Crippen LogP contribution in [0.3, 0.4) is 0 Å². The lowest BCUT2D eigenvalue weighted by Gasteiger charge is -2.39. The molecule has 1 atom stereocenters. The van der Waals surface area contributed by atoms with Crippen molar-refractivity contribution in [3.8, 4) is 5.75 Å². The predicted molar refractivity (Wildman–Crippen MR) is 155 cm³/mol. The molecule has 2 aromatic carbocycles. The Balaban J connectivity index is 1.86. The van der Waals surface area contributed by atoms with E-state index in [2.05, 4.69) is 35.8 Å². The molecule has 14 heteroatoms. The number of nitrogens with two attached hydrogens (primary N) is 1. The molecule has 4 N–H and O–H groups in total. The van der Waals surface area contributed by atoms with Crippen LogP contribution in [-0.2, 0) is 21.4 Å². The number of benzene rings is 2. The molecular weight excluding hydrogens is 587 g/mol. The Morgan fingerprint density at radius 3 is 2.33 bits per heavy atom. The number of halogens is 3. The van der Waals surface area contributed by atoms with Gasteiger partial charge in [0.1, 0.15) is 11.8 Å². The number of carbonyl (C=O) groups is 2. The maximum atomic E-state index is 13.6. The fourth-order valence-electron chi connectivity index (χ4n) is 4.30. The number of amides is 3. The first-order chi connectivity index (χ1) is 20.2. The van der Waals surface area contributed by atoms with E-state index in [-0.39, 0.29) is 31.1 Å². The quantitative estimate of drug-likeness (QED) is 0.344. The van der Waals surface area contributed by atoms with Crippen molar-refractivity contribution in [3.05, 3.63) is 96.4 Å². The van der Waals surface area contributed by atoms with Crippen molar-refractivity contribution in [1.82, 2.24) is 19.8 Å². The maximum Gasteiger partial charge on any atom is 0.573 e. The first-order valence-electron chi connectivity index (χ1n) is 13.3. The first kappa shape index (κ1) is 33.2. The molecule has 232 valence electrons. The average Bonchev–Trinajstić information content (AvgIpc) is 2.95. The molecule has 0 bridgehead atoms. The van der Waals surface area contributed by atoms with Gasteiger partial charge in [0.2, 0.25) is 15.9 Å². The summed E-state index contributed by atoms with van der Waals surface area (Å²) in [6.07, 6.45) is 0.643. The van der Waals surface area contributed by atoms with E-state index in [1.54, 1.807) is 0 Å². The molecule has 0 radical (unpaired) electrons. The second-order valence-corrected chi connectivity index (χ2v) is 11.7. The third kappa shape index (κ3) is 9.09. The van der Waals surface area contributed by atoms with E-state index in [1.807, 2.05) is 24.3 Å². The lowest BCUT2D eigenvalue weighted by atomic mass is 10.0. The van der Waals surface area contributed by atoms with Crippen LogP contribution in [0, 0.1) is 0 Å². The second kappa shape index (κ2) is 14.2. The zero-order chi connectivity index (χ0) is 31.8. The van der Waals surface area contributed by atoms with Crippen molar-refractivity contribution < 1.29 is 35.9 Å². The monoisotopic (exact) mass is 621 g/mol. The summed E-state index contributed by atoms with van der Waals surface area (Å²) < 4.78 is 69.7. The minimum absolute atomic E-state index is 0.0749. The topological polar surface area (TPSA) is 134 Å². The number of nitrogens with zero attached hydrogens (tertiary/aromatic N) is 2. The Kier molecular flexibility index (Phi) is 11.0. The largest absolute Gasteiger partial charge is 0.573 e.